The first-order valence-corrected chi connectivity index (χ1v) is 16.3. The van der Waals surface area contributed by atoms with Gasteiger partial charge in [-0.05, 0) is 45.2 Å². The van der Waals surface area contributed by atoms with Crippen LogP contribution in [0.15, 0.2) is 121 Å². The fourth-order valence-electron chi connectivity index (χ4n) is 5.47. The van der Waals surface area contributed by atoms with Crippen LogP contribution in [0.25, 0.3) is 59.4 Å². The van der Waals surface area contributed by atoms with Gasteiger partial charge in [-0.15, -0.1) is 0 Å². The van der Waals surface area contributed by atoms with E-state index in [2.05, 4.69) is 4.49 Å². The summed E-state index contributed by atoms with van der Waals surface area (Å²) in [5.41, 5.74) is -2.44. The first-order valence-electron chi connectivity index (χ1n) is 13.3. The normalized spacial score (nSPS) is 13.9. The van der Waals surface area contributed by atoms with Crippen LogP contribution in [0.5, 0.6) is 11.5 Å². The predicted octanol–water partition coefficient (Wildman–Crippen LogP) is 10.1. The summed E-state index contributed by atoms with van der Waals surface area (Å²) in [6.45, 7) is 0. The molecule has 6 nitrogen and oxygen atoms in total. The number of fused-ring (bicyclic) bond motifs is 7. The van der Waals surface area contributed by atoms with Crippen molar-refractivity contribution in [1.82, 2.24) is 0 Å². The van der Waals surface area contributed by atoms with Crippen LogP contribution in [0, 0.1) is 0 Å². The van der Waals surface area contributed by atoms with Gasteiger partial charge in [0.15, 0.2) is 10.0 Å². The molecular formula is C33H20AuF3NO5PS. The molecule has 12 heteroatoms. The third-order valence-corrected chi connectivity index (χ3v) is 10.4. The van der Waals surface area contributed by atoms with Crippen LogP contribution < -0.4 is 9.05 Å². The third-order valence-electron chi connectivity index (χ3n) is 7.34. The third kappa shape index (κ3) is 5.48. The summed E-state index contributed by atoms with van der Waals surface area (Å²) in [4.78, 5) is 0. The van der Waals surface area contributed by atoms with Crippen LogP contribution in [0.1, 0.15) is 0 Å². The van der Waals surface area contributed by atoms with E-state index in [4.69, 9.17) is 9.05 Å². The van der Waals surface area contributed by atoms with Crippen molar-refractivity contribution in [3.63, 3.8) is 0 Å². The minimum atomic E-state index is -6.30. The van der Waals surface area contributed by atoms with Gasteiger partial charge in [0, 0.05) is 21.9 Å². The van der Waals surface area contributed by atoms with Crippen molar-refractivity contribution >= 4 is 39.3 Å². The van der Waals surface area contributed by atoms with Crippen molar-refractivity contribution < 1.29 is 57.6 Å². The Kier molecular flexibility index (Phi) is 7.93. The molecule has 0 aliphatic carbocycles. The predicted molar refractivity (Wildman–Crippen MR) is 165 cm³/mol. The van der Waals surface area contributed by atoms with Crippen LogP contribution in [0.4, 0.5) is 13.2 Å². The van der Waals surface area contributed by atoms with Crippen LogP contribution in [0.3, 0.4) is 0 Å². The average Bonchev–Trinajstić information content (AvgIpc) is 3.14. The first kappa shape index (κ1) is 31.1. The van der Waals surface area contributed by atoms with E-state index in [-0.39, 0.29) is 33.9 Å². The van der Waals surface area contributed by atoms with E-state index in [0.29, 0.717) is 43.8 Å². The molecule has 0 atom stereocenters. The van der Waals surface area contributed by atoms with Gasteiger partial charge >= 0.3 is 35.6 Å². The number of alkyl halides is 3. The number of hydrogen-bond acceptors (Lipinski definition) is 5. The Bertz CT molecular complexity index is 2110. The molecule has 0 aromatic heterocycles. The molecule has 6 aromatic rings. The molecular weight excluding hydrogens is 807 g/mol. The van der Waals surface area contributed by atoms with Crippen molar-refractivity contribution in [3.05, 3.63) is 126 Å². The van der Waals surface area contributed by atoms with Gasteiger partial charge in [-0.25, -0.2) is 8.42 Å². The Morgan fingerprint density at radius 2 is 0.978 bits per heavy atom. The maximum absolute atomic E-state index is 14.3. The van der Waals surface area contributed by atoms with Gasteiger partial charge in [0.05, 0.1) is 0 Å². The summed E-state index contributed by atoms with van der Waals surface area (Å²) in [5, 5.41) is 1.98. The second-order valence-corrected chi connectivity index (χ2v) is 13.5. The second kappa shape index (κ2) is 11.5. The van der Waals surface area contributed by atoms with Gasteiger partial charge < -0.3 is 13.5 Å². The molecule has 45 heavy (non-hydrogen) atoms. The molecule has 1 aliphatic heterocycles. The molecule has 1 heterocycles. The molecule has 7 rings (SSSR count). The number of benzene rings is 6. The van der Waals surface area contributed by atoms with Gasteiger partial charge in [-0.2, -0.15) is 13.2 Å². The smallest absolute Gasteiger partial charge is 0.427 e. The minimum Gasteiger partial charge on any atom is -0.427 e. The molecule has 0 spiro atoms. The Balaban J connectivity index is 0.00000357. The Morgan fingerprint density at radius 3 is 1.38 bits per heavy atom. The Hall–Kier alpha value is -3.89. The van der Waals surface area contributed by atoms with Crippen molar-refractivity contribution in [2.75, 3.05) is 0 Å². The molecule has 0 N–H and O–H groups in total. The van der Waals surface area contributed by atoms with E-state index >= 15 is 0 Å². The molecule has 0 bridgehead atoms. The van der Waals surface area contributed by atoms with E-state index in [1.54, 1.807) is 48.5 Å². The Morgan fingerprint density at radius 1 is 0.600 bits per heavy atom. The molecule has 230 valence electrons. The zero-order valence-electron chi connectivity index (χ0n) is 22.8. The van der Waals surface area contributed by atoms with Crippen molar-refractivity contribution in [2.24, 2.45) is 0 Å². The van der Waals surface area contributed by atoms with E-state index in [0.717, 1.165) is 11.1 Å². The molecule has 0 saturated carbocycles. The fourth-order valence-corrected chi connectivity index (χ4v) is 8.03. The van der Waals surface area contributed by atoms with Crippen LogP contribution in [-0.2, 0) is 37.0 Å². The summed E-state index contributed by atoms with van der Waals surface area (Å²) in [7, 11) is -11.8. The maximum atomic E-state index is 14.3. The van der Waals surface area contributed by atoms with Gasteiger partial charge in [0.25, 0.3) is 0 Å². The number of halogens is 3. The molecule has 0 amide bonds. The molecule has 6 aromatic carbocycles. The van der Waals surface area contributed by atoms with Crippen molar-refractivity contribution in [1.29, 1.82) is 0 Å². The van der Waals surface area contributed by atoms with Crippen LogP contribution in [0.2, 0.25) is 0 Å². The zero-order chi connectivity index (χ0) is 30.7. The van der Waals surface area contributed by atoms with Gasteiger partial charge in [0.2, 0.25) is 0 Å². The largest absolute Gasteiger partial charge is 1.00 e. The molecule has 1 aliphatic rings. The van der Waals surface area contributed by atoms with Crippen molar-refractivity contribution in [3.8, 4) is 44.9 Å². The topological polar surface area (TPSA) is 83.8 Å². The van der Waals surface area contributed by atoms with Crippen LogP contribution in [-0.4, -0.2) is 13.9 Å². The van der Waals surface area contributed by atoms with Gasteiger partial charge in [-0.3, -0.25) is 4.57 Å². The summed E-state index contributed by atoms with van der Waals surface area (Å²) in [5.74, 6) is -0.227. The van der Waals surface area contributed by atoms with E-state index in [1.165, 1.54) is 0 Å². The monoisotopic (exact) mass is 827 g/mol. The molecule has 0 fully saturated rings. The summed E-state index contributed by atoms with van der Waals surface area (Å²) < 4.78 is 94.4. The number of rotatable bonds is 4. The Labute approximate surface area is 272 Å². The molecule has 0 radical (unpaired) electrons. The summed E-state index contributed by atoms with van der Waals surface area (Å²) >= 11 is 0. The van der Waals surface area contributed by atoms with Crippen molar-refractivity contribution in [2.45, 2.75) is 5.51 Å². The van der Waals surface area contributed by atoms with Gasteiger partial charge in [0.1, 0.15) is 11.5 Å². The first-order chi connectivity index (χ1) is 21.0. The van der Waals surface area contributed by atoms with E-state index < -0.39 is 23.3 Å². The quantitative estimate of drug-likeness (QED) is 0.131. The average molecular weight is 828 g/mol. The number of nitrogens with zero attached hydrogens (tertiary/aromatic N) is 1. The van der Waals surface area contributed by atoms with E-state index in [9.17, 15) is 26.2 Å². The zero-order valence-corrected chi connectivity index (χ0v) is 26.7. The SMILES string of the molecule is O=P1([N-]S(=O)(=O)C(F)(F)F)Oc2c(c(-c3ccccc3)cc3ccccc23)-c2c(-c3ccccc3)cc3ccccc3c2O1.[Au+]. The fraction of sp³-hybridized carbons (Fsp3) is 0.0303. The molecule has 0 saturated heterocycles. The maximum Gasteiger partial charge on any atom is 1.00 e. The second-order valence-electron chi connectivity index (χ2n) is 10.1. The van der Waals surface area contributed by atoms with E-state index in [1.807, 2.05) is 72.8 Å². The van der Waals surface area contributed by atoms with Gasteiger partial charge in [-0.1, -0.05) is 109 Å². The number of hydrogen-bond donors (Lipinski definition) is 0. The minimum absolute atomic E-state index is 0. The number of sulfonamides is 1. The molecule has 0 unspecified atom stereocenters. The summed E-state index contributed by atoms with van der Waals surface area (Å²) in [6, 6.07) is 36.0. The standard InChI is InChI=1S/C33H20F3NO5PS.Au/c34-33(35,36)44(39,40)37-43(38)41-31-25-17-9-7-15-23(25)19-27(21-11-3-1-4-12-21)29(31)30-28(22-13-5-2-6-14-22)20-24-16-8-10-18-26(24)32(30)42-43;/h1-20H;/q-1;+1. The van der Waals surface area contributed by atoms with Crippen LogP contribution >= 0.6 is 7.75 Å². The summed E-state index contributed by atoms with van der Waals surface area (Å²) in [6.07, 6.45) is 0.